The van der Waals surface area contributed by atoms with Crippen molar-refractivity contribution in [1.29, 1.82) is 0 Å². The van der Waals surface area contributed by atoms with Crippen LogP contribution in [0, 0.1) is 0 Å². The smallest absolute Gasteiger partial charge is 0.343 e. The molecule has 1 aromatic carbocycles. The Morgan fingerprint density at radius 3 is 2.84 bits per heavy atom. The normalized spacial score (nSPS) is 18.9. The number of fused-ring (bicyclic) bond motifs is 1. The molecule has 6 nitrogen and oxygen atoms in total. The van der Waals surface area contributed by atoms with Crippen LogP contribution in [-0.4, -0.2) is 35.1 Å². The van der Waals surface area contributed by atoms with Crippen molar-refractivity contribution in [2.24, 2.45) is 5.73 Å². The number of guanidine groups is 1. The van der Waals surface area contributed by atoms with Crippen LogP contribution >= 0.6 is 0 Å². The molecular weight excluding hydrogens is 244 g/mol. The van der Waals surface area contributed by atoms with Gasteiger partial charge in [-0.25, -0.2) is 0 Å². The van der Waals surface area contributed by atoms with Gasteiger partial charge in [0.05, 0.1) is 18.7 Å². The van der Waals surface area contributed by atoms with E-state index in [0.29, 0.717) is 18.1 Å². The minimum Gasteiger partial charge on any atom is -0.543 e. The minimum atomic E-state index is -1.20. The van der Waals surface area contributed by atoms with Gasteiger partial charge in [0.2, 0.25) is 0 Å². The summed E-state index contributed by atoms with van der Waals surface area (Å²) in [4.78, 5) is 14.2. The summed E-state index contributed by atoms with van der Waals surface area (Å²) < 4.78 is 1.84. The molecule has 0 bridgehead atoms. The number of likely N-dealkylation sites (N-methyl/N-ethyl adjacent to an activating group) is 1. The first-order valence-corrected chi connectivity index (χ1v) is 6.00. The Kier molecular flexibility index (Phi) is 2.45. The zero-order valence-electron chi connectivity index (χ0n) is 10.4. The van der Waals surface area contributed by atoms with Gasteiger partial charge in [0, 0.05) is 16.5 Å². The molecule has 1 unspecified atom stereocenters. The zero-order chi connectivity index (χ0) is 13.6. The summed E-state index contributed by atoms with van der Waals surface area (Å²) in [5, 5.41) is 15.2. The van der Waals surface area contributed by atoms with Crippen molar-refractivity contribution in [1.82, 2.24) is 10.3 Å². The van der Waals surface area contributed by atoms with Crippen molar-refractivity contribution < 1.29 is 14.5 Å². The molecule has 19 heavy (non-hydrogen) atoms. The number of aromatic amines is 1. The van der Waals surface area contributed by atoms with E-state index in [9.17, 15) is 9.90 Å². The van der Waals surface area contributed by atoms with Crippen LogP contribution in [0.15, 0.2) is 24.3 Å². The van der Waals surface area contributed by atoms with Crippen LogP contribution in [0.1, 0.15) is 22.1 Å². The fourth-order valence-corrected chi connectivity index (χ4v) is 2.60. The molecule has 0 amide bonds. The van der Waals surface area contributed by atoms with Crippen molar-refractivity contribution in [3.63, 3.8) is 0 Å². The maximum absolute atomic E-state index is 11.3. The molecule has 0 saturated heterocycles. The number of nitrogens with two attached hydrogens (primary N) is 1. The summed E-state index contributed by atoms with van der Waals surface area (Å²) in [6.45, 7) is 0.574. The Labute approximate surface area is 109 Å². The van der Waals surface area contributed by atoms with E-state index < -0.39 is 5.97 Å². The third kappa shape index (κ3) is 1.64. The fourth-order valence-electron chi connectivity index (χ4n) is 2.60. The largest absolute Gasteiger partial charge is 0.543 e. The van der Waals surface area contributed by atoms with E-state index in [-0.39, 0.29) is 11.7 Å². The second kappa shape index (κ2) is 4.01. The highest BCUT2D eigenvalue weighted by atomic mass is 16.4. The van der Waals surface area contributed by atoms with E-state index in [1.54, 1.807) is 0 Å². The number of hydrogen-bond acceptors (Lipinski definition) is 4. The van der Waals surface area contributed by atoms with Crippen molar-refractivity contribution >= 4 is 22.8 Å². The number of rotatable bonds is 2. The first-order chi connectivity index (χ1) is 9.09. The Morgan fingerprint density at radius 2 is 2.21 bits per heavy atom. The fraction of sp³-hybridized carbons (Fsp3) is 0.231. The number of para-hydroxylation sites is 1. The van der Waals surface area contributed by atoms with E-state index >= 15 is 0 Å². The first kappa shape index (κ1) is 11.6. The van der Waals surface area contributed by atoms with Gasteiger partial charge in [0.15, 0.2) is 0 Å². The SMILES string of the molecule is C[N+]1=C(N)NCC1c1c(C(=O)[O-])[nH]c2ccccc12. The number of benzene rings is 1. The van der Waals surface area contributed by atoms with Crippen molar-refractivity contribution in [2.75, 3.05) is 13.6 Å². The molecule has 4 N–H and O–H groups in total. The predicted molar refractivity (Wildman–Crippen MR) is 68.8 cm³/mol. The average Bonchev–Trinajstić information content (AvgIpc) is 2.92. The standard InChI is InChI=1S/C13H14N4O2/c1-17-9(6-15-13(17)14)10-7-4-2-3-5-8(7)16-11(10)12(18)19/h2-5,9,16H,6H2,1H3,(H3,14,15,18,19). The number of aromatic carboxylic acids is 1. The second-order valence-corrected chi connectivity index (χ2v) is 4.64. The molecule has 1 aromatic heterocycles. The van der Waals surface area contributed by atoms with Gasteiger partial charge in [-0.05, 0) is 6.07 Å². The quantitative estimate of drug-likeness (QED) is 0.610. The van der Waals surface area contributed by atoms with Crippen LogP contribution < -0.4 is 16.2 Å². The molecule has 0 saturated carbocycles. The van der Waals surface area contributed by atoms with Crippen LogP contribution in [0.25, 0.3) is 10.9 Å². The number of carbonyl (C=O) groups excluding carboxylic acids is 1. The zero-order valence-corrected chi connectivity index (χ0v) is 10.4. The lowest BCUT2D eigenvalue weighted by Gasteiger charge is -2.12. The molecule has 1 aliphatic heterocycles. The van der Waals surface area contributed by atoms with Gasteiger partial charge < -0.3 is 14.9 Å². The molecule has 0 spiro atoms. The molecule has 1 aliphatic rings. The molecular formula is C13H14N4O2. The predicted octanol–water partition coefficient (Wildman–Crippen LogP) is -0.867. The summed E-state index contributed by atoms with van der Waals surface area (Å²) in [6.07, 6.45) is 0. The maximum atomic E-state index is 11.3. The number of carboxylic acid groups (broad SMARTS) is 1. The van der Waals surface area contributed by atoms with Crippen LogP contribution in [0.2, 0.25) is 0 Å². The Bertz CT molecular complexity index is 702. The number of nitrogens with one attached hydrogen (secondary N) is 2. The summed E-state index contributed by atoms with van der Waals surface area (Å²) in [6, 6.07) is 7.37. The molecule has 0 radical (unpaired) electrons. The van der Waals surface area contributed by atoms with E-state index in [1.165, 1.54) is 0 Å². The van der Waals surface area contributed by atoms with Crippen molar-refractivity contribution in [3.05, 3.63) is 35.5 Å². The number of hydrogen-bond donors (Lipinski definition) is 3. The first-order valence-electron chi connectivity index (χ1n) is 6.00. The monoisotopic (exact) mass is 258 g/mol. The highest BCUT2D eigenvalue weighted by Crippen LogP contribution is 2.30. The Balaban J connectivity index is 2.27. The lowest BCUT2D eigenvalue weighted by molar-refractivity contribution is -0.533. The van der Waals surface area contributed by atoms with Gasteiger partial charge in [0.1, 0.15) is 12.6 Å². The molecule has 0 aliphatic carbocycles. The Hall–Kier alpha value is -2.50. The average molecular weight is 258 g/mol. The second-order valence-electron chi connectivity index (χ2n) is 4.64. The summed E-state index contributed by atoms with van der Waals surface area (Å²) >= 11 is 0. The van der Waals surface area contributed by atoms with Gasteiger partial charge in [0.25, 0.3) is 0 Å². The van der Waals surface area contributed by atoms with Crippen LogP contribution in [-0.2, 0) is 0 Å². The van der Waals surface area contributed by atoms with Gasteiger partial charge in [-0.15, -0.1) is 0 Å². The number of carbonyl (C=O) groups is 1. The maximum Gasteiger partial charge on any atom is 0.343 e. The van der Waals surface area contributed by atoms with Gasteiger partial charge >= 0.3 is 5.96 Å². The highest BCUT2D eigenvalue weighted by molar-refractivity contribution is 5.97. The topological polar surface area (TPSA) is 97.0 Å². The molecule has 0 fully saturated rings. The van der Waals surface area contributed by atoms with E-state index in [1.807, 2.05) is 35.9 Å². The minimum absolute atomic E-state index is 0.120. The van der Waals surface area contributed by atoms with Crippen LogP contribution in [0.5, 0.6) is 0 Å². The highest BCUT2D eigenvalue weighted by Gasteiger charge is 2.31. The number of aromatic nitrogens is 1. The molecule has 6 heteroatoms. The molecule has 1 atom stereocenters. The lowest BCUT2D eigenvalue weighted by Crippen LogP contribution is -2.30. The van der Waals surface area contributed by atoms with E-state index in [4.69, 9.17) is 5.73 Å². The summed E-state index contributed by atoms with van der Waals surface area (Å²) in [5.41, 5.74) is 7.42. The van der Waals surface area contributed by atoms with Crippen molar-refractivity contribution in [2.45, 2.75) is 6.04 Å². The molecule has 2 aromatic rings. The third-order valence-corrected chi connectivity index (χ3v) is 3.61. The van der Waals surface area contributed by atoms with E-state index in [2.05, 4.69) is 10.3 Å². The third-order valence-electron chi connectivity index (χ3n) is 3.61. The number of H-pyrrole nitrogens is 1. The summed E-state index contributed by atoms with van der Waals surface area (Å²) in [7, 11) is 1.83. The van der Waals surface area contributed by atoms with E-state index in [0.717, 1.165) is 10.9 Å². The number of carboxylic acids is 1. The molecule has 3 rings (SSSR count). The summed E-state index contributed by atoms with van der Waals surface area (Å²) in [5.74, 6) is -0.662. The van der Waals surface area contributed by atoms with Crippen molar-refractivity contribution in [3.8, 4) is 0 Å². The van der Waals surface area contributed by atoms with Gasteiger partial charge in [-0.1, -0.05) is 18.2 Å². The lowest BCUT2D eigenvalue weighted by atomic mass is 10.0. The molecule has 98 valence electrons. The Morgan fingerprint density at radius 1 is 1.47 bits per heavy atom. The number of nitrogens with zero attached hydrogens (tertiary/aromatic N) is 1. The van der Waals surface area contributed by atoms with Gasteiger partial charge in [-0.3, -0.25) is 15.6 Å². The molecule has 2 heterocycles. The van der Waals surface area contributed by atoms with Crippen LogP contribution in [0.3, 0.4) is 0 Å². The van der Waals surface area contributed by atoms with Crippen LogP contribution in [0.4, 0.5) is 0 Å². The van der Waals surface area contributed by atoms with Gasteiger partial charge in [-0.2, -0.15) is 0 Å².